The van der Waals surface area contributed by atoms with Crippen molar-refractivity contribution in [2.24, 2.45) is 4.99 Å². The zero-order valence-electron chi connectivity index (χ0n) is 15.2. The van der Waals surface area contributed by atoms with Crippen LogP contribution in [0.2, 0.25) is 0 Å². The van der Waals surface area contributed by atoms with Gasteiger partial charge in [0.1, 0.15) is 24.0 Å². The van der Waals surface area contributed by atoms with E-state index < -0.39 is 11.6 Å². The Morgan fingerprint density at radius 3 is 2.93 bits per heavy atom. The minimum atomic E-state index is -0.923. The number of guanidine groups is 1. The van der Waals surface area contributed by atoms with Gasteiger partial charge in [-0.2, -0.15) is 5.10 Å². The summed E-state index contributed by atoms with van der Waals surface area (Å²) in [5.41, 5.74) is 0. The zero-order valence-corrected chi connectivity index (χ0v) is 17.5. The van der Waals surface area contributed by atoms with Crippen molar-refractivity contribution in [1.82, 2.24) is 25.4 Å². The molecule has 27 heavy (non-hydrogen) atoms. The van der Waals surface area contributed by atoms with Gasteiger partial charge in [0.15, 0.2) is 17.6 Å². The van der Waals surface area contributed by atoms with Gasteiger partial charge in [0.25, 0.3) is 0 Å². The van der Waals surface area contributed by atoms with Crippen molar-refractivity contribution in [3.8, 4) is 5.75 Å². The Labute approximate surface area is 173 Å². The van der Waals surface area contributed by atoms with Gasteiger partial charge in [-0.15, -0.1) is 24.0 Å². The van der Waals surface area contributed by atoms with Crippen LogP contribution in [0.4, 0.5) is 8.78 Å². The predicted octanol–water partition coefficient (Wildman–Crippen LogP) is 2.04. The van der Waals surface area contributed by atoms with Crippen LogP contribution in [0.5, 0.6) is 5.75 Å². The van der Waals surface area contributed by atoms with E-state index in [1.165, 1.54) is 6.07 Å². The maximum absolute atomic E-state index is 13.1. The molecule has 2 N–H and O–H groups in total. The van der Waals surface area contributed by atoms with Crippen LogP contribution in [0.15, 0.2) is 23.2 Å². The van der Waals surface area contributed by atoms with Crippen molar-refractivity contribution in [2.45, 2.75) is 32.4 Å². The standard InChI is InChI=1S/C17H22F2N6O.HI/c1-11-22-16-6-3-12(10-25(16)24-11)23-17(20-2)21-7-8-26-13-4-5-14(18)15(19)9-13;/h4-5,9,12H,3,6-8,10H2,1-2H3,(H2,20,21,23);1H. The van der Waals surface area contributed by atoms with E-state index in [0.29, 0.717) is 19.1 Å². The number of benzene rings is 1. The zero-order chi connectivity index (χ0) is 18.5. The summed E-state index contributed by atoms with van der Waals surface area (Å²) in [7, 11) is 1.69. The summed E-state index contributed by atoms with van der Waals surface area (Å²) >= 11 is 0. The van der Waals surface area contributed by atoms with Crippen molar-refractivity contribution in [3.05, 3.63) is 41.5 Å². The minimum Gasteiger partial charge on any atom is -0.492 e. The second kappa shape index (κ2) is 9.81. The van der Waals surface area contributed by atoms with E-state index >= 15 is 0 Å². The Morgan fingerprint density at radius 2 is 2.19 bits per heavy atom. The third-order valence-corrected chi connectivity index (χ3v) is 4.08. The SMILES string of the molecule is CN=C(NCCOc1ccc(F)c(F)c1)NC1CCc2nc(C)nn2C1.I. The molecule has 0 saturated heterocycles. The Balaban J connectivity index is 0.00000261. The van der Waals surface area contributed by atoms with E-state index in [1.54, 1.807) is 7.05 Å². The molecule has 1 aliphatic rings. The van der Waals surface area contributed by atoms with Crippen LogP contribution in [-0.4, -0.2) is 47.0 Å². The van der Waals surface area contributed by atoms with Crippen LogP contribution in [0.3, 0.4) is 0 Å². The lowest BCUT2D eigenvalue weighted by molar-refractivity contribution is 0.317. The molecule has 2 heterocycles. The number of aromatic nitrogens is 3. The number of nitrogens with one attached hydrogen (secondary N) is 2. The summed E-state index contributed by atoms with van der Waals surface area (Å²) in [6.45, 7) is 3.39. The van der Waals surface area contributed by atoms with Crippen molar-refractivity contribution >= 4 is 29.9 Å². The fourth-order valence-electron chi connectivity index (χ4n) is 2.84. The first kappa shape index (κ1) is 21.3. The highest BCUT2D eigenvalue weighted by molar-refractivity contribution is 14.0. The summed E-state index contributed by atoms with van der Waals surface area (Å²) < 4.78 is 33.3. The molecule has 7 nitrogen and oxygen atoms in total. The van der Waals surface area contributed by atoms with Gasteiger partial charge in [0, 0.05) is 25.6 Å². The van der Waals surface area contributed by atoms with E-state index in [2.05, 4.69) is 25.7 Å². The first-order valence-electron chi connectivity index (χ1n) is 8.50. The molecule has 2 aromatic rings. The molecule has 1 unspecified atom stereocenters. The summed E-state index contributed by atoms with van der Waals surface area (Å²) in [4.78, 5) is 8.60. The fourth-order valence-corrected chi connectivity index (χ4v) is 2.84. The van der Waals surface area contributed by atoms with Crippen LogP contribution in [-0.2, 0) is 13.0 Å². The molecule has 0 bridgehead atoms. The molecule has 1 aliphatic heterocycles. The predicted molar refractivity (Wildman–Crippen MR) is 109 cm³/mol. The second-order valence-corrected chi connectivity index (χ2v) is 6.06. The molecule has 0 fully saturated rings. The molecule has 1 atom stereocenters. The highest BCUT2D eigenvalue weighted by Crippen LogP contribution is 2.15. The minimum absolute atomic E-state index is 0. The molecular formula is C17H23F2IN6O. The van der Waals surface area contributed by atoms with Gasteiger partial charge in [-0.3, -0.25) is 4.99 Å². The number of hydrogen-bond donors (Lipinski definition) is 2. The van der Waals surface area contributed by atoms with Crippen LogP contribution in [0.1, 0.15) is 18.1 Å². The van der Waals surface area contributed by atoms with Gasteiger partial charge in [-0.25, -0.2) is 18.4 Å². The number of ether oxygens (including phenoxy) is 1. The Morgan fingerprint density at radius 1 is 1.37 bits per heavy atom. The molecule has 148 valence electrons. The number of hydrogen-bond acceptors (Lipinski definition) is 4. The summed E-state index contributed by atoms with van der Waals surface area (Å²) in [5.74, 6) is 0.936. The number of fused-ring (bicyclic) bond motifs is 1. The highest BCUT2D eigenvalue weighted by atomic mass is 127. The van der Waals surface area contributed by atoms with E-state index in [0.717, 1.165) is 43.2 Å². The number of halogens is 3. The largest absolute Gasteiger partial charge is 0.492 e. The van der Waals surface area contributed by atoms with E-state index in [1.807, 2.05) is 11.6 Å². The number of rotatable bonds is 5. The first-order valence-corrected chi connectivity index (χ1v) is 8.50. The third kappa shape index (κ3) is 5.75. The number of aryl methyl sites for hydroxylation is 2. The maximum atomic E-state index is 13.1. The average molecular weight is 492 g/mol. The van der Waals surface area contributed by atoms with Crippen LogP contribution in [0.25, 0.3) is 0 Å². The molecule has 10 heteroatoms. The van der Waals surface area contributed by atoms with Gasteiger partial charge in [-0.05, 0) is 25.5 Å². The first-order chi connectivity index (χ1) is 12.5. The molecule has 0 saturated carbocycles. The summed E-state index contributed by atoms with van der Waals surface area (Å²) in [6, 6.07) is 3.68. The molecule has 0 radical (unpaired) electrons. The molecule has 0 spiro atoms. The lowest BCUT2D eigenvalue weighted by Crippen LogP contribution is -2.47. The van der Waals surface area contributed by atoms with Gasteiger partial charge in [-0.1, -0.05) is 0 Å². The van der Waals surface area contributed by atoms with Gasteiger partial charge in [0.05, 0.1) is 13.1 Å². The Kier molecular flexibility index (Phi) is 7.75. The van der Waals surface area contributed by atoms with Crippen molar-refractivity contribution in [3.63, 3.8) is 0 Å². The van der Waals surface area contributed by atoms with Crippen molar-refractivity contribution in [2.75, 3.05) is 20.2 Å². The Hall–Kier alpha value is -1.98. The smallest absolute Gasteiger partial charge is 0.191 e. The summed E-state index contributed by atoms with van der Waals surface area (Å²) in [5, 5.41) is 10.9. The van der Waals surface area contributed by atoms with E-state index in [4.69, 9.17) is 4.74 Å². The van der Waals surface area contributed by atoms with Crippen molar-refractivity contribution < 1.29 is 13.5 Å². The number of nitrogens with zero attached hydrogens (tertiary/aromatic N) is 4. The van der Waals surface area contributed by atoms with E-state index in [9.17, 15) is 8.78 Å². The summed E-state index contributed by atoms with van der Waals surface area (Å²) in [6.07, 6.45) is 1.82. The van der Waals surface area contributed by atoms with Gasteiger partial charge in [0.2, 0.25) is 0 Å². The van der Waals surface area contributed by atoms with Gasteiger partial charge < -0.3 is 15.4 Å². The molecule has 1 aromatic heterocycles. The lowest BCUT2D eigenvalue weighted by Gasteiger charge is -2.25. The van der Waals surface area contributed by atoms with Crippen molar-refractivity contribution in [1.29, 1.82) is 0 Å². The Bertz CT molecular complexity index is 798. The maximum Gasteiger partial charge on any atom is 0.191 e. The second-order valence-electron chi connectivity index (χ2n) is 6.06. The quantitative estimate of drug-likeness (QED) is 0.289. The molecule has 1 aromatic carbocycles. The molecule has 0 amide bonds. The van der Waals surface area contributed by atoms with Crippen LogP contribution >= 0.6 is 24.0 Å². The molecular weight excluding hydrogens is 469 g/mol. The molecule has 3 rings (SSSR count). The number of aliphatic imine (C=N–C) groups is 1. The van der Waals surface area contributed by atoms with Crippen LogP contribution in [0, 0.1) is 18.6 Å². The van der Waals surface area contributed by atoms with Gasteiger partial charge >= 0.3 is 0 Å². The average Bonchev–Trinajstić information content (AvgIpc) is 2.99. The van der Waals surface area contributed by atoms with E-state index in [-0.39, 0.29) is 35.8 Å². The monoisotopic (exact) mass is 492 g/mol. The molecule has 0 aliphatic carbocycles. The topological polar surface area (TPSA) is 76.4 Å². The normalized spacial score (nSPS) is 16.3. The van der Waals surface area contributed by atoms with Crippen LogP contribution < -0.4 is 15.4 Å². The highest BCUT2D eigenvalue weighted by Gasteiger charge is 2.21. The fraction of sp³-hybridized carbons (Fsp3) is 0.471. The third-order valence-electron chi connectivity index (χ3n) is 4.08. The lowest BCUT2D eigenvalue weighted by atomic mass is 10.1.